The van der Waals surface area contributed by atoms with Crippen molar-refractivity contribution in [2.24, 2.45) is 5.92 Å². The van der Waals surface area contributed by atoms with Crippen LogP contribution in [0.5, 0.6) is 0 Å². The number of amides is 1. The number of hydrogen-bond acceptors (Lipinski definition) is 2. The Kier molecular flexibility index (Phi) is 4.65. The van der Waals surface area contributed by atoms with Crippen LogP contribution < -0.4 is 5.32 Å². The minimum atomic E-state index is -0.0447. The van der Waals surface area contributed by atoms with E-state index >= 15 is 0 Å². The summed E-state index contributed by atoms with van der Waals surface area (Å²) in [6, 6.07) is 8.31. The van der Waals surface area contributed by atoms with Gasteiger partial charge in [-0.15, -0.1) is 11.8 Å². The predicted molar refractivity (Wildman–Crippen MR) is 92.2 cm³/mol. The van der Waals surface area contributed by atoms with E-state index in [1.165, 1.54) is 23.3 Å². The van der Waals surface area contributed by atoms with E-state index in [1.54, 1.807) is 11.8 Å². The predicted octanol–water partition coefficient (Wildman–Crippen LogP) is 4.34. The maximum atomic E-state index is 12.8. The van der Waals surface area contributed by atoms with Crippen LogP contribution in [0.25, 0.3) is 0 Å². The van der Waals surface area contributed by atoms with Crippen molar-refractivity contribution in [2.75, 3.05) is 11.1 Å². The summed E-state index contributed by atoms with van der Waals surface area (Å²) >= 11 is 5.45. The molecule has 1 saturated carbocycles. The first-order valence-electron chi connectivity index (χ1n) is 7.73. The molecule has 4 heteroatoms. The van der Waals surface area contributed by atoms with Crippen LogP contribution in [0.2, 0.25) is 0 Å². The third-order valence-electron chi connectivity index (χ3n) is 4.75. The largest absolute Gasteiger partial charge is 0.349 e. The smallest absolute Gasteiger partial charge is 0.228 e. The molecule has 1 aromatic carbocycles. The van der Waals surface area contributed by atoms with Gasteiger partial charge < -0.3 is 5.32 Å². The van der Waals surface area contributed by atoms with Gasteiger partial charge in [0.05, 0.1) is 5.92 Å². The molecule has 3 unspecified atom stereocenters. The molecule has 21 heavy (non-hydrogen) atoms. The van der Waals surface area contributed by atoms with Crippen LogP contribution in [0.3, 0.4) is 0 Å². The van der Waals surface area contributed by atoms with E-state index in [2.05, 4.69) is 46.4 Å². The van der Waals surface area contributed by atoms with Crippen molar-refractivity contribution in [3.63, 3.8) is 0 Å². The quantitative estimate of drug-likeness (QED) is 0.805. The zero-order valence-electron chi connectivity index (χ0n) is 12.4. The van der Waals surface area contributed by atoms with E-state index < -0.39 is 0 Å². The second kappa shape index (κ2) is 6.33. The molecule has 1 aromatic rings. The van der Waals surface area contributed by atoms with Gasteiger partial charge in [-0.05, 0) is 30.4 Å². The summed E-state index contributed by atoms with van der Waals surface area (Å²) in [4.78, 5) is 14.1. The molecule has 2 nitrogen and oxygen atoms in total. The molecule has 1 fully saturated rings. The molecule has 1 N–H and O–H groups in total. The molecular formula is C17H22BrNOS. The lowest BCUT2D eigenvalue weighted by atomic mass is 9.77. The maximum Gasteiger partial charge on any atom is 0.228 e. The van der Waals surface area contributed by atoms with Crippen LogP contribution in [0.1, 0.15) is 44.1 Å². The average Bonchev–Trinajstić information content (AvgIpc) is 2.91. The summed E-state index contributed by atoms with van der Waals surface area (Å²) in [6.45, 7) is 2.30. The fraction of sp³-hybridized carbons (Fsp3) is 0.588. The van der Waals surface area contributed by atoms with Crippen LogP contribution in [0.15, 0.2) is 29.2 Å². The van der Waals surface area contributed by atoms with Gasteiger partial charge in [-0.2, -0.15) is 0 Å². The third-order valence-corrected chi connectivity index (χ3v) is 7.01. The van der Waals surface area contributed by atoms with Crippen molar-refractivity contribution < 1.29 is 4.79 Å². The zero-order chi connectivity index (χ0) is 14.9. The van der Waals surface area contributed by atoms with Crippen LogP contribution in [-0.4, -0.2) is 22.5 Å². The second-order valence-corrected chi connectivity index (χ2v) is 8.13. The molecule has 1 amide bonds. The Hall–Kier alpha value is -0.480. The monoisotopic (exact) mass is 367 g/mol. The number of hydrogen-bond donors (Lipinski definition) is 1. The Labute approximate surface area is 139 Å². The first-order valence-corrected chi connectivity index (χ1v) is 9.84. The van der Waals surface area contributed by atoms with Crippen molar-refractivity contribution in [2.45, 2.75) is 49.0 Å². The fourth-order valence-corrected chi connectivity index (χ4v) is 5.53. The van der Waals surface area contributed by atoms with E-state index in [0.717, 1.165) is 23.9 Å². The number of carbonyl (C=O) groups is 1. The SMILES string of the molecule is CC1CCCC(CBr)(NC(=O)C2CSc3ccccc32)C1. The van der Waals surface area contributed by atoms with Crippen molar-refractivity contribution >= 4 is 33.6 Å². The van der Waals surface area contributed by atoms with Gasteiger partial charge in [0.15, 0.2) is 0 Å². The zero-order valence-corrected chi connectivity index (χ0v) is 14.8. The van der Waals surface area contributed by atoms with Gasteiger partial charge in [0, 0.05) is 21.5 Å². The van der Waals surface area contributed by atoms with Crippen molar-refractivity contribution in [3.05, 3.63) is 29.8 Å². The molecule has 2 aliphatic rings. The molecule has 1 heterocycles. The van der Waals surface area contributed by atoms with Crippen LogP contribution >= 0.6 is 27.7 Å². The number of carbonyl (C=O) groups excluding carboxylic acids is 1. The average molecular weight is 368 g/mol. The fourth-order valence-electron chi connectivity index (χ4n) is 3.66. The molecule has 1 aliphatic carbocycles. The molecule has 0 bridgehead atoms. The molecule has 114 valence electrons. The summed E-state index contributed by atoms with van der Waals surface area (Å²) in [5.41, 5.74) is 1.16. The summed E-state index contributed by atoms with van der Waals surface area (Å²) in [7, 11) is 0. The van der Waals surface area contributed by atoms with Gasteiger partial charge in [-0.3, -0.25) is 4.79 Å². The number of fused-ring (bicyclic) bond motifs is 1. The highest BCUT2D eigenvalue weighted by Gasteiger charge is 2.38. The van der Waals surface area contributed by atoms with Gasteiger partial charge in [0.2, 0.25) is 5.91 Å². The summed E-state index contributed by atoms with van der Waals surface area (Å²) in [5, 5.41) is 4.25. The van der Waals surface area contributed by atoms with Crippen molar-refractivity contribution in [1.29, 1.82) is 0 Å². The van der Waals surface area contributed by atoms with E-state index in [0.29, 0.717) is 5.92 Å². The molecular weight excluding hydrogens is 346 g/mol. The van der Waals surface area contributed by atoms with Gasteiger partial charge in [0.1, 0.15) is 0 Å². The molecule has 0 radical (unpaired) electrons. The van der Waals surface area contributed by atoms with Gasteiger partial charge in [0.25, 0.3) is 0 Å². The molecule has 3 atom stereocenters. The van der Waals surface area contributed by atoms with E-state index in [1.807, 2.05) is 6.07 Å². The van der Waals surface area contributed by atoms with Gasteiger partial charge >= 0.3 is 0 Å². The summed E-state index contributed by atoms with van der Waals surface area (Å²) < 4.78 is 0. The third kappa shape index (κ3) is 3.16. The Bertz CT molecular complexity index is 535. The minimum absolute atomic E-state index is 0.0133. The number of rotatable bonds is 3. The van der Waals surface area contributed by atoms with Crippen LogP contribution in [0, 0.1) is 5.92 Å². The Morgan fingerprint density at radius 3 is 3.05 bits per heavy atom. The number of nitrogens with one attached hydrogen (secondary N) is 1. The highest BCUT2D eigenvalue weighted by Crippen LogP contribution is 2.40. The number of benzene rings is 1. The molecule has 1 aliphatic heterocycles. The minimum Gasteiger partial charge on any atom is -0.349 e. The van der Waals surface area contributed by atoms with Gasteiger partial charge in [-0.25, -0.2) is 0 Å². The van der Waals surface area contributed by atoms with Crippen LogP contribution in [-0.2, 0) is 4.79 Å². The van der Waals surface area contributed by atoms with Crippen LogP contribution in [0.4, 0.5) is 0 Å². The second-order valence-electron chi connectivity index (χ2n) is 6.51. The van der Waals surface area contributed by atoms with E-state index in [4.69, 9.17) is 0 Å². The summed E-state index contributed by atoms with van der Waals surface area (Å²) in [6.07, 6.45) is 4.68. The molecule has 0 aromatic heterocycles. The standard InChI is InChI=1S/C17H22BrNOS/c1-12-5-4-8-17(9-12,11-18)19-16(20)14-10-21-15-7-3-2-6-13(14)15/h2-3,6-7,12,14H,4-5,8-11H2,1H3,(H,19,20). The first-order chi connectivity index (χ1) is 10.1. The summed E-state index contributed by atoms with van der Waals surface area (Å²) in [5.74, 6) is 1.79. The van der Waals surface area contributed by atoms with Crippen molar-refractivity contribution in [3.8, 4) is 0 Å². The maximum absolute atomic E-state index is 12.8. The molecule has 0 spiro atoms. The number of thioether (sulfide) groups is 1. The lowest BCUT2D eigenvalue weighted by molar-refractivity contribution is -0.124. The number of alkyl halides is 1. The van der Waals surface area contributed by atoms with E-state index in [-0.39, 0.29) is 17.4 Å². The first kappa shape index (κ1) is 15.4. The lowest BCUT2D eigenvalue weighted by Crippen LogP contribution is -2.53. The topological polar surface area (TPSA) is 29.1 Å². The number of halogens is 1. The normalized spacial score (nSPS) is 31.7. The Balaban J connectivity index is 1.74. The van der Waals surface area contributed by atoms with E-state index in [9.17, 15) is 4.79 Å². The molecule has 0 saturated heterocycles. The highest BCUT2D eigenvalue weighted by atomic mass is 79.9. The Morgan fingerprint density at radius 1 is 1.48 bits per heavy atom. The lowest BCUT2D eigenvalue weighted by Gasteiger charge is -2.40. The Morgan fingerprint density at radius 2 is 2.29 bits per heavy atom. The highest BCUT2D eigenvalue weighted by molar-refractivity contribution is 9.09. The van der Waals surface area contributed by atoms with Crippen molar-refractivity contribution in [1.82, 2.24) is 5.32 Å². The van der Waals surface area contributed by atoms with Gasteiger partial charge in [-0.1, -0.05) is 53.9 Å². The molecule has 3 rings (SSSR count).